The van der Waals surface area contributed by atoms with Crippen LogP contribution in [0.2, 0.25) is 0 Å². The van der Waals surface area contributed by atoms with E-state index < -0.39 is 9.84 Å². The lowest BCUT2D eigenvalue weighted by Gasteiger charge is -2.14. The molecule has 1 amide bonds. The second kappa shape index (κ2) is 7.44. The third-order valence-electron chi connectivity index (χ3n) is 4.38. The Balaban J connectivity index is 1.67. The zero-order chi connectivity index (χ0) is 18.9. The largest absolute Gasteiger partial charge is 0.310 e. The molecule has 0 radical (unpaired) electrons. The summed E-state index contributed by atoms with van der Waals surface area (Å²) < 4.78 is 25.1. The van der Waals surface area contributed by atoms with Gasteiger partial charge in [0.1, 0.15) is 5.82 Å². The second-order valence-electron chi connectivity index (χ2n) is 6.78. The molecule has 2 aromatic rings. The second-order valence-corrected chi connectivity index (χ2v) is 10.0. The summed E-state index contributed by atoms with van der Waals surface area (Å²) in [5, 5.41) is 7.27. The summed E-state index contributed by atoms with van der Waals surface area (Å²) in [5.74, 6) is 0.979. The Labute approximate surface area is 158 Å². The van der Waals surface area contributed by atoms with Crippen molar-refractivity contribution in [3.8, 4) is 0 Å². The third-order valence-corrected chi connectivity index (χ3v) is 7.29. The van der Waals surface area contributed by atoms with Crippen LogP contribution in [0.1, 0.15) is 29.3 Å². The van der Waals surface area contributed by atoms with Gasteiger partial charge in [0.25, 0.3) is 0 Å². The maximum absolute atomic E-state index is 12.4. The molecule has 1 aliphatic heterocycles. The predicted octanol–water partition coefficient (Wildman–Crippen LogP) is 2.90. The summed E-state index contributed by atoms with van der Waals surface area (Å²) in [6.07, 6.45) is 0.531. The number of nitrogens with one attached hydrogen (secondary N) is 1. The molecule has 0 spiro atoms. The zero-order valence-corrected chi connectivity index (χ0v) is 16.8. The van der Waals surface area contributed by atoms with E-state index in [-0.39, 0.29) is 29.2 Å². The molecule has 1 aromatic heterocycles. The summed E-state index contributed by atoms with van der Waals surface area (Å²) in [4.78, 5) is 13.5. The van der Waals surface area contributed by atoms with Gasteiger partial charge in [0.05, 0.1) is 29.0 Å². The van der Waals surface area contributed by atoms with Gasteiger partial charge in [-0.1, -0.05) is 17.7 Å². The lowest BCUT2D eigenvalue weighted by atomic mass is 10.2. The number of hydrogen-bond acceptors (Lipinski definition) is 5. The third kappa shape index (κ3) is 4.48. The average molecular weight is 394 g/mol. The van der Waals surface area contributed by atoms with Crippen molar-refractivity contribution >= 4 is 33.3 Å². The minimum absolute atomic E-state index is 0.0776. The lowest BCUT2D eigenvalue weighted by molar-refractivity contribution is -0.113. The molecular weight excluding hydrogens is 370 g/mol. The first-order chi connectivity index (χ1) is 12.2. The molecule has 1 atom stereocenters. The number of aromatic nitrogens is 2. The molecule has 1 fully saturated rings. The minimum atomic E-state index is -3.01. The first-order valence-corrected chi connectivity index (χ1v) is 11.3. The molecule has 8 heteroatoms. The molecule has 140 valence electrons. The highest BCUT2D eigenvalue weighted by atomic mass is 32.2. The molecule has 6 nitrogen and oxygen atoms in total. The van der Waals surface area contributed by atoms with E-state index >= 15 is 0 Å². The topological polar surface area (TPSA) is 81.1 Å². The molecular formula is C18H23N3O3S2. The molecule has 1 unspecified atom stereocenters. The molecule has 2 heterocycles. The SMILES string of the molecule is Cc1ccc(C)c(SCC(=O)Nc2cc(C)nn2C2CCS(=O)(=O)C2)c1. The van der Waals surface area contributed by atoms with E-state index in [4.69, 9.17) is 0 Å². The van der Waals surface area contributed by atoms with Crippen LogP contribution in [0, 0.1) is 20.8 Å². The van der Waals surface area contributed by atoms with Crippen LogP contribution in [0.3, 0.4) is 0 Å². The Hall–Kier alpha value is -1.80. The van der Waals surface area contributed by atoms with E-state index in [1.165, 1.54) is 11.8 Å². The molecule has 3 rings (SSSR count). The Morgan fingerprint density at radius 2 is 2.08 bits per heavy atom. The van der Waals surface area contributed by atoms with Gasteiger partial charge in [0.2, 0.25) is 5.91 Å². The van der Waals surface area contributed by atoms with E-state index in [1.807, 2.05) is 20.8 Å². The first-order valence-electron chi connectivity index (χ1n) is 8.50. The van der Waals surface area contributed by atoms with Crippen molar-refractivity contribution in [2.75, 3.05) is 22.6 Å². The van der Waals surface area contributed by atoms with Crippen molar-refractivity contribution in [3.05, 3.63) is 41.1 Å². The van der Waals surface area contributed by atoms with Crippen LogP contribution in [0.5, 0.6) is 0 Å². The van der Waals surface area contributed by atoms with Gasteiger partial charge in [0, 0.05) is 11.0 Å². The highest BCUT2D eigenvalue weighted by Gasteiger charge is 2.31. The highest BCUT2D eigenvalue weighted by Crippen LogP contribution is 2.28. The van der Waals surface area contributed by atoms with Gasteiger partial charge < -0.3 is 5.32 Å². The number of thioether (sulfide) groups is 1. The number of carbonyl (C=O) groups is 1. The average Bonchev–Trinajstić information content (AvgIpc) is 3.10. The summed E-state index contributed by atoms with van der Waals surface area (Å²) in [7, 11) is -3.01. The number of amides is 1. The lowest BCUT2D eigenvalue weighted by Crippen LogP contribution is -2.20. The van der Waals surface area contributed by atoms with Gasteiger partial charge in [-0.25, -0.2) is 13.1 Å². The smallest absolute Gasteiger partial charge is 0.235 e. The van der Waals surface area contributed by atoms with Crippen LogP contribution in [-0.4, -0.2) is 41.4 Å². The molecule has 26 heavy (non-hydrogen) atoms. The van der Waals surface area contributed by atoms with E-state index in [0.29, 0.717) is 12.2 Å². The number of aryl methyl sites for hydroxylation is 3. The van der Waals surface area contributed by atoms with Crippen LogP contribution in [0.4, 0.5) is 5.82 Å². The Morgan fingerprint density at radius 1 is 1.31 bits per heavy atom. The van der Waals surface area contributed by atoms with Crippen molar-refractivity contribution in [1.82, 2.24) is 9.78 Å². The molecule has 0 aliphatic carbocycles. The monoisotopic (exact) mass is 393 g/mol. The Bertz CT molecular complexity index is 935. The van der Waals surface area contributed by atoms with Gasteiger partial charge >= 0.3 is 0 Å². The normalized spacial score (nSPS) is 18.8. The fourth-order valence-corrected chi connectivity index (χ4v) is 5.66. The zero-order valence-electron chi connectivity index (χ0n) is 15.2. The molecule has 1 N–H and O–H groups in total. The number of rotatable bonds is 5. The van der Waals surface area contributed by atoms with Crippen molar-refractivity contribution in [1.29, 1.82) is 0 Å². The fraction of sp³-hybridized carbons (Fsp3) is 0.444. The van der Waals surface area contributed by atoms with E-state index in [9.17, 15) is 13.2 Å². The van der Waals surface area contributed by atoms with Crippen molar-refractivity contribution < 1.29 is 13.2 Å². The Kier molecular flexibility index (Phi) is 5.43. The minimum Gasteiger partial charge on any atom is -0.310 e. The highest BCUT2D eigenvalue weighted by molar-refractivity contribution is 8.00. The quantitative estimate of drug-likeness (QED) is 0.790. The van der Waals surface area contributed by atoms with Gasteiger partial charge in [-0.2, -0.15) is 5.10 Å². The van der Waals surface area contributed by atoms with Crippen LogP contribution >= 0.6 is 11.8 Å². The number of hydrogen-bond donors (Lipinski definition) is 1. The summed E-state index contributed by atoms with van der Waals surface area (Å²) in [5.41, 5.74) is 3.06. The van der Waals surface area contributed by atoms with Gasteiger partial charge in [-0.3, -0.25) is 4.79 Å². The van der Waals surface area contributed by atoms with Crippen molar-refractivity contribution in [3.63, 3.8) is 0 Å². The fourth-order valence-electron chi connectivity index (χ4n) is 3.04. The standard InChI is InChI=1S/C18H23N3O3S2/c1-12-4-5-13(2)16(8-12)25-10-18(22)19-17-9-14(3)20-21(17)15-6-7-26(23,24)11-15/h4-5,8-9,15H,6-7,10-11H2,1-3H3,(H,19,22). The van der Waals surface area contributed by atoms with Crippen LogP contribution in [-0.2, 0) is 14.6 Å². The maximum Gasteiger partial charge on any atom is 0.235 e. The maximum atomic E-state index is 12.4. The van der Waals surface area contributed by atoms with Gasteiger partial charge in [0.15, 0.2) is 9.84 Å². The summed E-state index contributed by atoms with van der Waals surface area (Å²) in [6, 6.07) is 7.75. The predicted molar refractivity (Wildman–Crippen MR) is 105 cm³/mol. The summed E-state index contributed by atoms with van der Waals surface area (Å²) in [6.45, 7) is 5.89. The van der Waals surface area contributed by atoms with Crippen LogP contribution in [0.25, 0.3) is 0 Å². The molecule has 0 saturated carbocycles. The van der Waals surface area contributed by atoms with E-state index in [0.717, 1.165) is 21.7 Å². The molecule has 1 aromatic carbocycles. The number of benzene rings is 1. The number of sulfone groups is 1. The van der Waals surface area contributed by atoms with E-state index in [1.54, 1.807) is 10.7 Å². The molecule has 1 aliphatic rings. The Morgan fingerprint density at radius 3 is 2.77 bits per heavy atom. The number of anilines is 1. The summed E-state index contributed by atoms with van der Waals surface area (Å²) >= 11 is 1.50. The molecule has 1 saturated heterocycles. The molecule has 0 bridgehead atoms. The van der Waals surface area contributed by atoms with Crippen molar-refractivity contribution in [2.45, 2.75) is 38.1 Å². The van der Waals surface area contributed by atoms with Crippen molar-refractivity contribution in [2.24, 2.45) is 0 Å². The van der Waals surface area contributed by atoms with E-state index in [2.05, 4.69) is 28.6 Å². The van der Waals surface area contributed by atoms with Gasteiger partial charge in [-0.15, -0.1) is 11.8 Å². The number of nitrogens with zero attached hydrogens (tertiary/aromatic N) is 2. The number of carbonyl (C=O) groups excluding carboxylic acids is 1. The van der Waals surface area contributed by atoms with Crippen LogP contribution in [0.15, 0.2) is 29.2 Å². The van der Waals surface area contributed by atoms with Gasteiger partial charge in [-0.05, 0) is 38.8 Å². The van der Waals surface area contributed by atoms with Crippen LogP contribution < -0.4 is 5.32 Å². The first kappa shape index (κ1) is 19.0.